The van der Waals surface area contributed by atoms with Crippen molar-refractivity contribution in [3.8, 4) is 5.75 Å². The molecule has 2 aromatic rings. The molecule has 0 spiro atoms. The number of nitrogens with one attached hydrogen (secondary N) is 1. The largest absolute Gasteiger partial charge is 0.495 e. The molecule has 132 valence electrons. The van der Waals surface area contributed by atoms with E-state index in [4.69, 9.17) is 4.74 Å². The molecule has 25 heavy (non-hydrogen) atoms. The van der Waals surface area contributed by atoms with Crippen molar-refractivity contribution in [3.05, 3.63) is 29.8 Å². The third-order valence-corrected chi connectivity index (χ3v) is 5.81. The first-order chi connectivity index (χ1) is 11.9. The monoisotopic (exact) mass is 381 g/mol. The zero-order valence-corrected chi connectivity index (χ0v) is 14.9. The van der Waals surface area contributed by atoms with Gasteiger partial charge in [0.05, 0.1) is 12.8 Å². The second kappa shape index (κ2) is 6.81. The van der Waals surface area contributed by atoms with Gasteiger partial charge in [0.2, 0.25) is 11.8 Å². The number of nitrogens with zero attached hydrogens (tertiary/aromatic N) is 2. The number of anilines is 2. The summed E-state index contributed by atoms with van der Waals surface area (Å²) >= 11 is 1.13. The summed E-state index contributed by atoms with van der Waals surface area (Å²) < 4.78 is 32.8. The fourth-order valence-electron chi connectivity index (χ4n) is 2.50. The van der Waals surface area contributed by atoms with Crippen molar-refractivity contribution in [2.24, 2.45) is 0 Å². The van der Waals surface area contributed by atoms with Gasteiger partial charge in [0.1, 0.15) is 10.6 Å². The molecule has 10 heteroatoms. The molecule has 1 aromatic carbocycles. The molecular weight excluding hydrogens is 366 g/mol. The van der Waals surface area contributed by atoms with E-state index in [9.17, 15) is 18.0 Å². The number of sulfonamides is 1. The Morgan fingerprint density at radius 1 is 1.24 bits per heavy atom. The van der Waals surface area contributed by atoms with E-state index in [0.717, 1.165) is 16.2 Å². The minimum Gasteiger partial charge on any atom is -0.495 e. The molecule has 1 N–H and O–H groups in total. The summed E-state index contributed by atoms with van der Waals surface area (Å²) in [6.45, 7) is 0. The molecular formula is C15H15N3O5S2. The first kappa shape index (κ1) is 17.4. The Morgan fingerprint density at radius 2 is 1.96 bits per heavy atom. The predicted molar refractivity (Wildman–Crippen MR) is 92.3 cm³/mol. The van der Waals surface area contributed by atoms with Gasteiger partial charge >= 0.3 is 0 Å². The lowest BCUT2D eigenvalue weighted by Crippen LogP contribution is -2.40. The van der Waals surface area contributed by atoms with Gasteiger partial charge in [0.25, 0.3) is 10.0 Å². The van der Waals surface area contributed by atoms with E-state index >= 15 is 0 Å². The molecule has 0 unspecified atom stereocenters. The first-order valence-electron chi connectivity index (χ1n) is 7.38. The van der Waals surface area contributed by atoms with Gasteiger partial charge in [0.15, 0.2) is 5.13 Å². The second-order valence-corrected chi connectivity index (χ2v) is 7.80. The predicted octanol–water partition coefficient (Wildman–Crippen LogP) is 2.00. The molecule has 1 saturated heterocycles. The SMILES string of the molecule is COc1ccc(N2C(=O)CCCC2=O)cc1S(=O)(=O)Nc1nccs1. The zero-order chi connectivity index (χ0) is 18.0. The highest BCUT2D eigenvalue weighted by atomic mass is 32.2. The van der Waals surface area contributed by atoms with Crippen molar-refractivity contribution in [2.45, 2.75) is 24.2 Å². The molecule has 0 atom stereocenters. The number of carbonyl (C=O) groups excluding carboxylic acids is 2. The van der Waals surface area contributed by atoms with Gasteiger partial charge in [-0.25, -0.2) is 13.4 Å². The summed E-state index contributed by atoms with van der Waals surface area (Å²) in [5.74, 6) is -0.597. The van der Waals surface area contributed by atoms with Crippen molar-refractivity contribution >= 4 is 44.0 Å². The lowest BCUT2D eigenvalue weighted by atomic mass is 10.1. The number of rotatable bonds is 5. The van der Waals surface area contributed by atoms with E-state index < -0.39 is 10.0 Å². The van der Waals surface area contributed by atoms with E-state index in [1.165, 1.54) is 31.5 Å². The van der Waals surface area contributed by atoms with Crippen LogP contribution in [0.15, 0.2) is 34.7 Å². The van der Waals surface area contributed by atoms with Gasteiger partial charge in [-0.2, -0.15) is 0 Å². The highest BCUT2D eigenvalue weighted by molar-refractivity contribution is 7.93. The molecule has 2 heterocycles. The van der Waals surface area contributed by atoms with Crippen LogP contribution in [0.5, 0.6) is 5.75 Å². The van der Waals surface area contributed by atoms with E-state index in [0.29, 0.717) is 6.42 Å². The standard InChI is InChI=1S/C15H15N3O5S2/c1-23-11-6-5-10(18-13(19)3-2-4-14(18)20)9-12(11)25(21,22)17-15-16-7-8-24-15/h5-9H,2-4H2,1H3,(H,16,17). The van der Waals surface area contributed by atoms with Crippen LogP contribution in [0.3, 0.4) is 0 Å². The van der Waals surface area contributed by atoms with Crippen molar-refractivity contribution in [1.82, 2.24) is 4.98 Å². The van der Waals surface area contributed by atoms with Gasteiger partial charge in [-0.15, -0.1) is 11.3 Å². The number of hydrogen-bond acceptors (Lipinski definition) is 7. The maximum atomic E-state index is 12.7. The molecule has 1 aliphatic rings. The topological polar surface area (TPSA) is 106 Å². The molecule has 3 rings (SSSR count). The van der Waals surface area contributed by atoms with E-state index in [1.807, 2.05) is 0 Å². The number of thiazole rings is 1. The number of benzene rings is 1. The number of hydrogen-bond donors (Lipinski definition) is 1. The molecule has 2 amide bonds. The van der Waals surface area contributed by atoms with Gasteiger partial charge < -0.3 is 4.74 Å². The normalized spacial score (nSPS) is 15.3. The molecule has 8 nitrogen and oxygen atoms in total. The lowest BCUT2D eigenvalue weighted by molar-refractivity contribution is -0.129. The number of ether oxygens (including phenoxy) is 1. The van der Waals surface area contributed by atoms with Gasteiger partial charge in [-0.1, -0.05) is 0 Å². The number of methoxy groups -OCH3 is 1. The number of piperidine rings is 1. The summed E-state index contributed by atoms with van der Waals surface area (Å²) in [5.41, 5.74) is 0.204. The highest BCUT2D eigenvalue weighted by Gasteiger charge is 2.30. The average molecular weight is 381 g/mol. The Kier molecular flexibility index (Phi) is 4.73. The zero-order valence-electron chi connectivity index (χ0n) is 13.3. The van der Waals surface area contributed by atoms with Crippen molar-refractivity contribution in [2.75, 3.05) is 16.7 Å². The quantitative estimate of drug-likeness (QED) is 0.794. The van der Waals surface area contributed by atoms with Crippen LogP contribution in [0, 0.1) is 0 Å². The number of carbonyl (C=O) groups is 2. The summed E-state index contributed by atoms with van der Waals surface area (Å²) in [7, 11) is -2.66. The summed E-state index contributed by atoms with van der Waals surface area (Å²) in [5, 5.41) is 1.84. The maximum absolute atomic E-state index is 12.7. The van der Waals surface area contributed by atoms with Crippen LogP contribution in [0.25, 0.3) is 0 Å². The molecule has 0 saturated carbocycles. The van der Waals surface area contributed by atoms with Crippen LogP contribution in [0.2, 0.25) is 0 Å². The first-order valence-corrected chi connectivity index (χ1v) is 9.75. The van der Waals surface area contributed by atoms with Crippen LogP contribution in [0.1, 0.15) is 19.3 Å². The van der Waals surface area contributed by atoms with Crippen molar-refractivity contribution < 1.29 is 22.7 Å². The summed E-state index contributed by atoms with van der Waals surface area (Å²) in [4.78, 5) is 28.9. The molecule has 1 aromatic heterocycles. The highest BCUT2D eigenvalue weighted by Crippen LogP contribution is 2.32. The summed E-state index contributed by atoms with van der Waals surface area (Å²) in [6, 6.07) is 4.17. The Balaban J connectivity index is 2.03. The van der Waals surface area contributed by atoms with E-state index in [1.54, 1.807) is 5.38 Å². The van der Waals surface area contributed by atoms with Crippen LogP contribution in [-0.4, -0.2) is 32.3 Å². The van der Waals surface area contributed by atoms with E-state index in [2.05, 4.69) is 9.71 Å². The smallest absolute Gasteiger partial charge is 0.267 e. The van der Waals surface area contributed by atoms with E-state index in [-0.39, 0.29) is 46.1 Å². The number of imide groups is 1. The minimum absolute atomic E-state index is 0.102. The fourth-order valence-corrected chi connectivity index (χ4v) is 4.48. The molecule has 1 aliphatic heterocycles. The Hall–Kier alpha value is -2.46. The molecule has 0 radical (unpaired) electrons. The van der Waals surface area contributed by atoms with Gasteiger partial charge in [0, 0.05) is 24.4 Å². The maximum Gasteiger partial charge on any atom is 0.267 e. The van der Waals surface area contributed by atoms with Crippen LogP contribution >= 0.6 is 11.3 Å². The Bertz CT molecular complexity index is 893. The van der Waals surface area contributed by atoms with Crippen molar-refractivity contribution in [1.29, 1.82) is 0 Å². The Labute approximate surface area is 148 Å². The van der Waals surface area contributed by atoms with Crippen LogP contribution in [-0.2, 0) is 19.6 Å². The summed E-state index contributed by atoms with van der Waals surface area (Å²) in [6.07, 6.45) is 2.47. The van der Waals surface area contributed by atoms with Crippen molar-refractivity contribution in [3.63, 3.8) is 0 Å². The van der Waals surface area contributed by atoms with Gasteiger partial charge in [-0.3, -0.25) is 19.2 Å². The second-order valence-electron chi connectivity index (χ2n) is 5.25. The molecule has 1 fully saturated rings. The number of aromatic nitrogens is 1. The van der Waals surface area contributed by atoms with Crippen LogP contribution < -0.4 is 14.4 Å². The van der Waals surface area contributed by atoms with Gasteiger partial charge in [-0.05, 0) is 24.6 Å². The fraction of sp³-hybridized carbons (Fsp3) is 0.267. The Morgan fingerprint density at radius 3 is 2.56 bits per heavy atom. The third-order valence-electron chi connectivity index (χ3n) is 3.63. The van der Waals surface area contributed by atoms with Crippen LogP contribution in [0.4, 0.5) is 10.8 Å². The molecule has 0 aliphatic carbocycles. The third kappa shape index (κ3) is 3.49. The average Bonchev–Trinajstić information content (AvgIpc) is 3.07. The minimum atomic E-state index is -4.00. The lowest BCUT2D eigenvalue weighted by Gasteiger charge is -2.25. The molecule has 0 bridgehead atoms. The number of amides is 2.